The molecule has 3 aromatic carbocycles. The van der Waals surface area contributed by atoms with Gasteiger partial charge in [-0.25, -0.2) is 0 Å². The molecule has 0 aliphatic carbocycles. The molecule has 0 atom stereocenters. The second kappa shape index (κ2) is 11.1. The molecule has 4 nitrogen and oxygen atoms in total. The molecule has 32 heavy (non-hydrogen) atoms. The molecule has 3 rings (SSSR count). The first kappa shape index (κ1) is 23.7. The summed E-state index contributed by atoms with van der Waals surface area (Å²) >= 11 is 2.19. The highest BCUT2D eigenvalue weighted by Gasteiger charge is 2.19. The van der Waals surface area contributed by atoms with Crippen molar-refractivity contribution in [3.63, 3.8) is 0 Å². The molecule has 0 fully saturated rings. The van der Waals surface area contributed by atoms with Gasteiger partial charge in [0.05, 0.1) is 17.3 Å². The molecule has 0 aliphatic heterocycles. The Labute approximate surface area is 197 Å². The molecule has 0 bridgehead atoms. The number of benzene rings is 3. The molecule has 0 heterocycles. The molecule has 3 N–H and O–H groups in total. The number of ether oxygens (including phenoxy) is 1. The van der Waals surface area contributed by atoms with Crippen LogP contribution in [0.4, 0.5) is 0 Å². The molecule has 0 spiro atoms. The van der Waals surface area contributed by atoms with E-state index in [1.165, 1.54) is 11.8 Å². The van der Waals surface area contributed by atoms with Crippen molar-refractivity contribution in [2.75, 3.05) is 12.4 Å². The fraction of sp³-hybridized carbons (Fsp3) is 0.115. The molecular weight excluding hydrogens is 438 g/mol. The van der Waals surface area contributed by atoms with Crippen LogP contribution in [0.1, 0.15) is 15.9 Å². The monoisotopic (exact) mass is 463 g/mol. The topological polar surface area (TPSA) is 72.5 Å². The Morgan fingerprint density at radius 2 is 1.97 bits per heavy atom. The lowest BCUT2D eigenvalue weighted by molar-refractivity contribution is 0.112. The van der Waals surface area contributed by atoms with Gasteiger partial charge in [0.25, 0.3) is 0 Å². The SMILES string of the molecule is C=C/C=C(/Sc1c(OCCSO)cc(-c2ccccc2C=O)c2c(C)cccc12)C(=C)N. The number of allylic oxidation sites excluding steroid dienone is 2. The molecule has 0 saturated carbocycles. The smallest absolute Gasteiger partial charge is 0.150 e. The van der Waals surface area contributed by atoms with Crippen LogP contribution in [-0.4, -0.2) is 23.2 Å². The van der Waals surface area contributed by atoms with Gasteiger partial charge < -0.3 is 15.0 Å². The average Bonchev–Trinajstić information content (AvgIpc) is 2.79. The van der Waals surface area contributed by atoms with Gasteiger partial charge in [-0.3, -0.25) is 4.79 Å². The normalized spacial score (nSPS) is 11.4. The van der Waals surface area contributed by atoms with Crippen LogP contribution in [0.3, 0.4) is 0 Å². The maximum atomic E-state index is 11.8. The summed E-state index contributed by atoms with van der Waals surface area (Å²) in [5.41, 5.74) is 9.90. The third kappa shape index (κ3) is 5.10. The molecule has 0 unspecified atom stereocenters. The summed E-state index contributed by atoms with van der Waals surface area (Å²) in [5.74, 6) is 1.07. The first-order valence-electron chi connectivity index (χ1n) is 9.97. The predicted octanol–water partition coefficient (Wildman–Crippen LogP) is 6.85. The number of hydrogen-bond acceptors (Lipinski definition) is 6. The van der Waals surface area contributed by atoms with Gasteiger partial charge in [0, 0.05) is 21.6 Å². The van der Waals surface area contributed by atoms with E-state index < -0.39 is 0 Å². The highest BCUT2D eigenvalue weighted by Crippen LogP contribution is 2.46. The summed E-state index contributed by atoms with van der Waals surface area (Å²) in [5, 5.41) is 2.02. The lowest BCUT2D eigenvalue weighted by atomic mass is 9.92. The zero-order chi connectivity index (χ0) is 23.1. The van der Waals surface area contributed by atoms with E-state index in [-0.39, 0.29) is 0 Å². The molecule has 0 aliphatic rings. The second-order valence-electron chi connectivity index (χ2n) is 7.03. The van der Waals surface area contributed by atoms with Gasteiger partial charge in [0.15, 0.2) is 6.29 Å². The van der Waals surface area contributed by atoms with Gasteiger partial charge in [-0.05, 0) is 53.2 Å². The van der Waals surface area contributed by atoms with Crippen molar-refractivity contribution < 1.29 is 14.1 Å². The molecule has 6 heteroatoms. The van der Waals surface area contributed by atoms with E-state index in [9.17, 15) is 4.79 Å². The van der Waals surface area contributed by atoms with Crippen LogP contribution in [0.15, 0.2) is 89.3 Å². The third-order valence-electron chi connectivity index (χ3n) is 4.89. The number of rotatable bonds is 10. The molecule has 164 valence electrons. The molecule has 0 radical (unpaired) electrons. The fourth-order valence-corrected chi connectivity index (χ4v) is 4.67. The number of fused-ring (bicyclic) bond motifs is 1. The van der Waals surface area contributed by atoms with E-state index in [0.29, 0.717) is 29.4 Å². The fourth-order valence-electron chi connectivity index (χ4n) is 3.50. The van der Waals surface area contributed by atoms with Crippen molar-refractivity contribution in [2.45, 2.75) is 11.8 Å². The van der Waals surface area contributed by atoms with Crippen LogP contribution >= 0.6 is 23.8 Å². The summed E-state index contributed by atoms with van der Waals surface area (Å²) in [7, 11) is 0. The summed E-state index contributed by atoms with van der Waals surface area (Å²) in [6.45, 7) is 10.0. The number of nitrogens with two attached hydrogens (primary N) is 1. The minimum atomic E-state index is 0.324. The maximum Gasteiger partial charge on any atom is 0.150 e. The Kier molecular flexibility index (Phi) is 8.22. The van der Waals surface area contributed by atoms with Crippen molar-refractivity contribution in [1.29, 1.82) is 0 Å². The minimum Gasteiger partial charge on any atom is -0.491 e. The van der Waals surface area contributed by atoms with E-state index in [0.717, 1.165) is 55.6 Å². The number of hydrogen-bond donors (Lipinski definition) is 2. The van der Waals surface area contributed by atoms with E-state index in [1.807, 2.05) is 42.5 Å². The Morgan fingerprint density at radius 3 is 2.66 bits per heavy atom. The van der Waals surface area contributed by atoms with E-state index in [1.54, 1.807) is 12.1 Å². The summed E-state index contributed by atoms with van der Waals surface area (Å²) in [6, 6.07) is 15.6. The van der Waals surface area contributed by atoms with Gasteiger partial charge >= 0.3 is 0 Å². The predicted molar refractivity (Wildman–Crippen MR) is 138 cm³/mol. The van der Waals surface area contributed by atoms with Gasteiger partial charge in [-0.1, -0.05) is 73.5 Å². The Bertz CT molecular complexity index is 1200. The van der Waals surface area contributed by atoms with Crippen LogP contribution in [0.5, 0.6) is 5.75 Å². The summed E-state index contributed by atoms with van der Waals surface area (Å²) in [4.78, 5) is 13.4. The van der Waals surface area contributed by atoms with Gasteiger partial charge in [-0.15, -0.1) is 0 Å². The average molecular weight is 464 g/mol. The van der Waals surface area contributed by atoms with Crippen molar-refractivity contribution in [1.82, 2.24) is 0 Å². The number of thioether (sulfide) groups is 1. The zero-order valence-electron chi connectivity index (χ0n) is 17.8. The maximum absolute atomic E-state index is 11.8. The van der Waals surface area contributed by atoms with Crippen LogP contribution in [-0.2, 0) is 0 Å². The lowest BCUT2D eigenvalue weighted by Crippen LogP contribution is -2.03. The zero-order valence-corrected chi connectivity index (χ0v) is 19.5. The number of aldehydes is 1. The van der Waals surface area contributed by atoms with Crippen LogP contribution < -0.4 is 10.5 Å². The molecular formula is C26H25NO3S2. The van der Waals surface area contributed by atoms with Crippen molar-refractivity contribution in [3.8, 4) is 16.9 Å². The third-order valence-corrected chi connectivity index (χ3v) is 6.49. The van der Waals surface area contributed by atoms with Crippen LogP contribution in [0, 0.1) is 6.92 Å². The van der Waals surface area contributed by atoms with Gasteiger partial charge in [0.1, 0.15) is 5.75 Å². The van der Waals surface area contributed by atoms with Gasteiger partial charge in [0.2, 0.25) is 0 Å². The minimum absolute atomic E-state index is 0.324. The number of aryl methyl sites for hydroxylation is 1. The van der Waals surface area contributed by atoms with Crippen molar-refractivity contribution in [2.24, 2.45) is 5.73 Å². The summed E-state index contributed by atoms with van der Waals surface area (Å²) < 4.78 is 15.3. The molecule has 0 aromatic heterocycles. The van der Waals surface area contributed by atoms with Crippen LogP contribution in [0.25, 0.3) is 21.9 Å². The lowest BCUT2D eigenvalue weighted by Gasteiger charge is -2.20. The highest BCUT2D eigenvalue weighted by atomic mass is 32.2. The number of carbonyl (C=O) groups excluding carboxylic acids is 1. The molecule has 0 amide bonds. The Balaban J connectivity index is 2.35. The van der Waals surface area contributed by atoms with E-state index >= 15 is 0 Å². The standard InChI is InChI=1S/C26H25NO3S2/c1-4-8-24(18(3)27)32-26-21-12-7-9-17(2)25(21)22(15-23(26)30-13-14-31-29)20-11-6-5-10-19(20)16-28/h4-12,15-16,29H,1,3,13-14,27H2,2H3/b24-8+. The van der Waals surface area contributed by atoms with Crippen molar-refractivity contribution >= 4 is 40.9 Å². The Hall–Kier alpha value is -2.93. The first-order chi connectivity index (χ1) is 15.5. The van der Waals surface area contributed by atoms with Crippen LogP contribution in [0.2, 0.25) is 0 Å². The number of carbonyl (C=O) groups is 1. The van der Waals surface area contributed by atoms with E-state index in [2.05, 4.69) is 26.1 Å². The highest BCUT2D eigenvalue weighted by molar-refractivity contribution is 8.03. The second-order valence-corrected chi connectivity index (χ2v) is 8.75. The van der Waals surface area contributed by atoms with E-state index in [4.69, 9.17) is 15.0 Å². The molecule has 3 aromatic rings. The van der Waals surface area contributed by atoms with Gasteiger partial charge in [-0.2, -0.15) is 0 Å². The van der Waals surface area contributed by atoms with Crippen molar-refractivity contribution in [3.05, 3.63) is 95.6 Å². The largest absolute Gasteiger partial charge is 0.491 e. The molecule has 0 saturated heterocycles. The quantitative estimate of drug-likeness (QED) is 0.113. The Morgan fingerprint density at radius 1 is 1.19 bits per heavy atom. The summed E-state index contributed by atoms with van der Waals surface area (Å²) in [6.07, 6.45) is 4.36. The first-order valence-corrected chi connectivity index (χ1v) is 11.7.